The van der Waals surface area contributed by atoms with Crippen LogP contribution in [-0.2, 0) is 27.4 Å². The summed E-state index contributed by atoms with van der Waals surface area (Å²) >= 11 is 1.68. The molecule has 0 aliphatic carbocycles. The van der Waals surface area contributed by atoms with Gasteiger partial charge in [-0.25, -0.2) is 4.98 Å². The summed E-state index contributed by atoms with van der Waals surface area (Å²) in [5.74, 6) is 0.720. The maximum Gasteiger partial charge on any atom is 0.217 e. The molecule has 7 heteroatoms. The SMILES string of the molecule is CC(=O)NCc1cccc(-c2ccc(C3OC(CSc4ccccn4)CC(c4ccc(CO)cc4)O3)cc2)c1. The first-order valence-electron chi connectivity index (χ1n) is 13.1. The van der Waals surface area contributed by atoms with Gasteiger partial charge in [0.1, 0.15) is 0 Å². The Kier molecular flexibility index (Phi) is 9.06. The maximum atomic E-state index is 11.3. The standard InChI is InChI=1S/C32H32N2O4S/c1-22(36)34-19-24-5-4-6-28(17-24)25-12-14-27(15-13-25)32-37-29(21-39-31-7-2-3-16-33-31)18-30(38-32)26-10-8-23(20-35)9-11-26/h2-17,29-30,32,35H,18-21H2,1H3,(H,34,36). The molecular formula is C32H32N2O4S. The van der Waals surface area contributed by atoms with E-state index in [2.05, 4.69) is 46.7 Å². The molecule has 2 N–H and O–H groups in total. The average molecular weight is 541 g/mol. The number of ether oxygens (including phenoxy) is 2. The molecule has 1 aliphatic heterocycles. The second kappa shape index (κ2) is 13.0. The molecule has 2 heterocycles. The molecule has 1 aromatic heterocycles. The molecule has 5 rings (SSSR count). The first-order valence-corrected chi connectivity index (χ1v) is 14.0. The van der Waals surface area contributed by atoms with Crippen LogP contribution in [0.25, 0.3) is 11.1 Å². The molecule has 200 valence electrons. The average Bonchev–Trinajstić information content (AvgIpc) is 2.99. The second-order valence-electron chi connectivity index (χ2n) is 9.56. The number of pyridine rings is 1. The van der Waals surface area contributed by atoms with E-state index in [0.29, 0.717) is 6.54 Å². The maximum absolute atomic E-state index is 11.3. The third-order valence-corrected chi connectivity index (χ3v) is 7.73. The van der Waals surface area contributed by atoms with Crippen molar-refractivity contribution in [2.75, 3.05) is 5.75 Å². The van der Waals surface area contributed by atoms with Crippen LogP contribution in [0, 0.1) is 0 Å². The van der Waals surface area contributed by atoms with Gasteiger partial charge < -0.3 is 19.9 Å². The highest BCUT2D eigenvalue weighted by Crippen LogP contribution is 2.39. The minimum Gasteiger partial charge on any atom is -0.392 e. The molecule has 3 unspecified atom stereocenters. The fourth-order valence-electron chi connectivity index (χ4n) is 4.55. The van der Waals surface area contributed by atoms with E-state index in [1.54, 1.807) is 18.0 Å². The number of carbonyl (C=O) groups excluding carboxylic acids is 1. The zero-order valence-corrected chi connectivity index (χ0v) is 22.6. The summed E-state index contributed by atoms with van der Waals surface area (Å²) in [4.78, 5) is 15.7. The van der Waals surface area contributed by atoms with Crippen molar-refractivity contribution in [3.63, 3.8) is 0 Å². The van der Waals surface area contributed by atoms with Crippen molar-refractivity contribution in [2.24, 2.45) is 0 Å². The van der Waals surface area contributed by atoms with Crippen LogP contribution in [0.15, 0.2) is 102 Å². The van der Waals surface area contributed by atoms with Crippen LogP contribution in [0.3, 0.4) is 0 Å². The fourth-order valence-corrected chi connectivity index (χ4v) is 5.44. The Labute approximate surface area is 233 Å². The monoisotopic (exact) mass is 540 g/mol. The van der Waals surface area contributed by atoms with E-state index < -0.39 is 6.29 Å². The van der Waals surface area contributed by atoms with Gasteiger partial charge in [0.25, 0.3) is 0 Å². The summed E-state index contributed by atoms with van der Waals surface area (Å²) in [6.45, 7) is 2.04. The number of aliphatic hydroxyl groups is 1. The zero-order chi connectivity index (χ0) is 27.0. The number of hydrogen-bond donors (Lipinski definition) is 2. The number of rotatable bonds is 9. The molecule has 4 aromatic rings. The lowest BCUT2D eigenvalue weighted by molar-refractivity contribution is -0.245. The third-order valence-electron chi connectivity index (χ3n) is 6.65. The van der Waals surface area contributed by atoms with Gasteiger partial charge >= 0.3 is 0 Å². The normalized spacial score (nSPS) is 19.0. The highest BCUT2D eigenvalue weighted by molar-refractivity contribution is 7.99. The number of carbonyl (C=O) groups is 1. The first-order chi connectivity index (χ1) is 19.1. The largest absolute Gasteiger partial charge is 0.392 e. The molecule has 0 bridgehead atoms. The minimum absolute atomic E-state index is 0.0172. The predicted octanol–water partition coefficient (Wildman–Crippen LogP) is 6.21. The quantitative estimate of drug-likeness (QED) is 0.246. The van der Waals surface area contributed by atoms with E-state index in [4.69, 9.17) is 9.47 Å². The van der Waals surface area contributed by atoms with E-state index in [1.165, 1.54) is 6.92 Å². The number of aromatic nitrogens is 1. The van der Waals surface area contributed by atoms with Crippen LogP contribution in [-0.4, -0.2) is 27.9 Å². The Bertz CT molecular complexity index is 1360. The van der Waals surface area contributed by atoms with Gasteiger partial charge in [-0.3, -0.25) is 4.79 Å². The first kappa shape index (κ1) is 27.1. The van der Waals surface area contributed by atoms with Gasteiger partial charge in [-0.15, -0.1) is 11.8 Å². The Hall–Kier alpha value is -3.49. The summed E-state index contributed by atoms with van der Waals surface area (Å²) in [6, 6.07) is 30.3. The molecule has 1 amide bonds. The summed E-state index contributed by atoms with van der Waals surface area (Å²) in [5, 5.41) is 13.3. The number of aliphatic hydroxyl groups excluding tert-OH is 1. The van der Waals surface area contributed by atoms with Crippen LogP contribution < -0.4 is 5.32 Å². The highest BCUT2D eigenvalue weighted by atomic mass is 32.2. The molecule has 1 fully saturated rings. The molecule has 0 radical (unpaired) electrons. The molecule has 3 aromatic carbocycles. The van der Waals surface area contributed by atoms with Crippen molar-refractivity contribution in [3.8, 4) is 11.1 Å². The molecule has 6 nitrogen and oxygen atoms in total. The van der Waals surface area contributed by atoms with E-state index >= 15 is 0 Å². The number of nitrogens with one attached hydrogen (secondary N) is 1. The lowest BCUT2D eigenvalue weighted by Crippen LogP contribution is -2.31. The Morgan fingerprint density at radius 2 is 1.72 bits per heavy atom. The van der Waals surface area contributed by atoms with Crippen LogP contribution in [0.1, 0.15) is 48.0 Å². The second-order valence-corrected chi connectivity index (χ2v) is 10.6. The minimum atomic E-state index is -0.504. The van der Waals surface area contributed by atoms with Gasteiger partial charge in [0.15, 0.2) is 6.29 Å². The van der Waals surface area contributed by atoms with Crippen LogP contribution in [0.4, 0.5) is 0 Å². The predicted molar refractivity (Wildman–Crippen MR) is 153 cm³/mol. The summed E-state index contributed by atoms with van der Waals surface area (Å²) in [5.41, 5.74) is 6.12. The van der Waals surface area contributed by atoms with Crippen LogP contribution in [0.5, 0.6) is 0 Å². The molecule has 3 atom stereocenters. The zero-order valence-electron chi connectivity index (χ0n) is 21.8. The smallest absolute Gasteiger partial charge is 0.217 e. The van der Waals surface area contributed by atoms with Crippen molar-refractivity contribution in [2.45, 2.75) is 50.0 Å². The number of benzene rings is 3. The molecule has 0 saturated carbocycles. The lowest BCUT2D eigenvalue weighted by atomic mass is 9.99. The third kappa shape index (κ3) is 7.34. The van der Waals surface area contributed by atoms with Crippen LogP contribution in [0.2, 0.25) is 0 Å². The summed E-state index contributed by atoms with van der Waals surface area (Å²) in [7, 11) is 0. The Morgan fingerprint density at radius 1 is 0.923 bits per heavy atom. The molecular weight excluding hydrogens is 508 g/mol. The Balaban J connectivity index is 1.33. The number of nitrogens with zero attached hydrogens (tertiary/aromatic N) is 1. The van der Waals surface area contributed by atoms with Crippen LogP contribution >= 0.6 is 11.8 Å². The molecule has 39 heavy (non-hydrogen) atoms. The molecule has 1 aliphatic rings. The summed E-state index contributed by atoms with van der Waals surface area (Å²) < 4.78 is 12.9. The topological polar surface area (TPSA) is 80.7 Å². The van der Waals surface area contributed by atoms with Gasteiger partial charge in [-0.05, 0) is 46.0 Å². The summed E-state index contributed by atoms with van der Waals surface area (Å²) in [6.07, 6.45) is 1.88. The number of amides is 1. The fraction of sp³-hybridized carbons (Fsp3) is 0.250. The van der Waals surface area contributed by atoms with Crippen molar-refractivity contribution in [1.29, 1.82) is 0 Å². The van der Waals surface area contributed by atoms with E-state index in [9.17, 15) is 9.90 Å². The number of thioether (sulfide) groups is 1. The van der Waals surface area contributed by atoms with E-state index in [-0.39, 0.29) is 24.7 Å². The lowest BCUT2D eigenvalue weighted by Gasteiger charge is -2.36. The van der Waals surface area contributed by atoms with Gasteiger partial charge in [0.2, 0.25) is 5.91 Å². The van der Waals surface area contributed by atoms with Gasteiger partial charge in [0, 0.05) is 37.4 Å². The Morgan fingerprint density at radius 3 is 2.44 bits per heavy atom. The van der Waals surface area contributed by atoms with Gasteiger partial charge in [-0.2, -0.15) is 0 Å². The van der Waals surface area contributed by atoms with E-state index in [1.807, 2.05) is 54.6 Å². The molecule has 1 saturated heterocycles. The van der Waals surface area contributed by atoms with Crippen molar-refractivity contribution < 1.29 is 19.4 Å². The van der Waals surface area contributed by atoms with E-state index in [0.717, 1.165) is 50.6 Å². The highest BCUT2D eigenvalue weighted by Gasteiger charge is 2.32. The van der Waals surface area contributed by atoms with Gasteiger partial charge in [-0.1, -0.05) is 72.8 Å². The van der Waals surface area contributed by atoms with Gasteiger partial charge in [0.05, 0.1) is 23.8 Å². The van der Waals surface area contributed by atoms with Crippen molar-refractivity contribution in [1.82, 2.24) is 10.3 Å². The van der Waals surface area contributed by atoms with Crippen molar-refractivity contribution in [3.05, 3.63) is 119 Å². The molecule has 0 spiro atoms. The van der Waals surface area contributed by atoms with Crippen molar-refractivity contribution >= 4 is 17.7 Å². The number of hydrogen-bond acceptors (Lipinski definition) is 6.